The van der Waals surface area contributed by atoms with Gasteiger partial charge in [-0.3, -0.25) is 0 Å². The van der Waals surface area contributed by atoms with E-state index < -0.39 is 15.5 Å². The normalized spacial score (nSPS) is 15.7. The largest absolute Gasteiger partial charge is 0.0871 e. The Labute approximate surface area is 191 Å². The smallest absolute Gasteiger partial charge is 0.0856 e. The van der Waals surface area contributed by atoms with Gasteiger partial charge in [0.05, 0.1) is 15.5 Å². The zero-order valence-electron chi connectivity index (χ0n) is 21.1. The van der Waals surface area contributed by atoms with E-state index >= 15 is 0 Å². The molecule has 30 heavy (non-hydrogen) atoms. The number of hydrogen-bond donors (Lipinski definition) is 0. The first-order chi connectivity index (χ1) is 13.7. The fourth-order valence-electron chi connectivity index (χ4n) is 3.69. The van der Waals surface area contributed by atoms with Crippen molar-refractivity contribution in [2.75, 3.05) is 12.3 Å². The fraction of sp³-hybridized carbons (Fsp3) is 0.538. The summed E-state index contributed by atoms with van der Waals surface area (Å²) in [6.45, 7) is 25.6. The molecule has 2 atom stereocenters. The highest BCUT2D eigenvalue weighted by molar-refractivity contribution is 8.03. The Hall–Kier alpha value is -0.266. The van der Waals surface area contributed by atoms with Gasteiger partial charge in [-0.25, -0.2) is 0 Å². The lowest BCUT2D eigenvalue weighted by atomic mass is 10.2. The van der Waals surface area contributed by atoms with Crippen LogP contribution in [0.25, 0.3) is 0 Å². The van der Waals surface area contributed by atoms with Crippen LogP contribution in [0.4, 0.5) is 0 Å². The molecule has 0 saturated carbocycles. The minimum atomic E-state index is -1.46. The van der Waals surface area contributed by atoms with Crippen LogP contribution in [0.2, 0.25) is 36.3 Å². The Kier molecular flexibility index (Phi) is 8.40. The van der Waals surface area contributed by atoms with Crippen LogP contribution >= 0.6 is 14.9 Å². The summed E-state index contributed by atoms with van der Waals surface area (Å²) in [7, 11) is -3.15. The van der Waals surface area contributed by atoms with Crippen molar-refractivity contribution in [3.05, 3.63) is 60.7 Å². The summed E-state index contributed by atoms with van der Waals surface area (Å²) in [4.78, 5) is 0. The molecule has 0 aromatic heterocycles. The van der Waals surface area contributed by atoms with Gasteiger partial charge in [-0.05, 0) is 33.0 Å². The molecule has 4 heteroatoms. The van der Waals surface area contributed by atoms with Crippen molar-refractivity contribution in [1.29, 1.82) is 0 Å². The summed E-state index contributed by atoms with van der Waals surface area (Å²) in [6, 6.07) is 23.1. The topological polar surface area (TPSA) is 0 Å². The third kappa shape index (κ3) is 5.75. The standard InChI is InChI=1S/C26H44P2Si2/c1-25(2,3)29(7,8)27(23-17-13-11-14-18-23)21-22-28(24-19-15-12-16-20-24)30(9,10)26(4,5)6/h11-20H,21-22H2,1-10H3. The summed E-state index contributed by atoms with van der Waals surface area (Å²) in [5, 5.41) is 4.11. The minimum absolute atomic E-state index is 0.116. The Morgan fingerprint density at radius 1 is 0.533 bits per heavy atom. The van der Waals surface area contributed by atoms with Crippen molar-refractivity contribution < 1.29 is 0 Å². The lowest BCUT2D eigenvalue weighted by Gasteiger charge is -2.47. The van der Waals surface area contributed by atoms with Crippen LogP contribution in [-0.4, -0.2) is 27.8 Å². The molecule has 0 bridgehead atoms. The van der Waals surface area contributed by atoms with E-state index in [1.165, 1.54) is 12.3 Å². The van der Waals surface area contributed by atoms with Crippen molar-refractivity contribution in [2.45, 2.75) is 77.8 Å². The van der Waals surface area contributed by atoms with Gasteiger partial charge in [0.15, 0.2) is 0 Å². The highest BCUT2D eigenvalue weighted by Crippen LogP contribution is 2.61. The molecule has 0 amide bonds. The van der Waals surface area contributed by atoms with Crippen molar-refractivity contribution in [2.24, 2.45) is 0 Å². The van der Waals surface area contributed by atoms with Crippen LogP contribution in [0.5, 0.6) is 0 Å². The second kappa shape index (κ2) is 9.70. The summed E-state index contributed by atoms with van der Waals surface area (Å²) >= 11 is 0. The van der Waals surface area contributed by atoms with E-state index in [9.17, 15) is 0 Å². The van der Waals surface area contributed by atoms with Gasteiger partial charge in [-0.15, -0.1) is 0 Å². The average Bonchev–Trinajstić information content (AvgIpc) is 2.64. The Morgan fingerprint density at radius 3 is 1.03 bits per heavy atom. The van der Waals surface area contributed by atoms with E-state index in [0.29, 0.717) is 10.1 Å². The van der Waals surface area contributed by atoms with E-state index in [-0.39, 0.29) is 14.9 Å². The van der Waals surface area contributed by atoms with Crippen LogP contribution in [-0.2, 0) is 0 Å². The van der Waals surface area contributed by atoms with E-state index in [1.807, 2.05) is 0 Å². The van der Waals surface area contributed by atoms with Crippen molar-refractivity contribution in [3.8, 4) is 0 Å². The average molecular weight is 475 g/mol. The molecule has 0 spiro atoms. The van der Waals surface area contributed by atoms with Crippen LogP contribution in [0.3, 0.4) is 0 Å². The van der Waals surface area contributed by atoms with Crippen molar-refractivity contribution >= 4 is 41.0 Å². The fourth-order valence-corrected chi connectivity index (χ4v) is 25.7. The maximum absolute atomic E-state index is 2.66. The van der Waals surface area contributed by atoms with E-state index in [4.69, 9.17) is 0 Å². The molecule has 0 nitrogen and oxygen atoms in total. The third-order valence-electron chi connectivity index (χ3n) is 7.70. The molecule has 2 unspecified atom stereocenters. The SMILES string of the molecule is CC(C)(C)[Si](C)(C)P(CCP(c1ccccc1)[Si](C)(C)C(C)(C)C)c1ccccc1. The third-order valence-corrected chi connectivity index (χ3v) is 36.3. The second-order valence-corrected chi connectivity index (χ2v) is 34.4. The minimum Gasteiger partial charge on any atom is -0.0871 e. The van der Waals surface area contributed by atoms with Crippen LogP contribution in [0.15, 0.2) is 60.7 Å². The number of hydrogen-bond acceptors (Lipinski definition) is 0. The van der Waals surface area contributed by atoms with Gasteiger partial charge in [0, 0.05) is 0 Å². The maximum Gasteiger partial charge on any atom is 0.0856 e. The predicted octanol–water partition coefficient (Wildman–Crippen LogP) is 8.61. The molecule has 2 rings (SSSR count). The van der Waals surface area contributed by atoms with Gasteiger partial charge in [-0.1, -0.05) is 143 Å². The summed E-state index contributed by atoms with van der Waals surface area (Å²) in [5.74, 6) is 0. The van der Waals surface area contributed by atoms with E-state index in [1.54, 1.807) is 10.6 Å². The lowest BCUT2D eigenvalue weighted by Crippen LogP contribution is -2.42. The van der Waals surface area contributed by atoms with Gasteiger partial charge in [0.2, 0.25) is 0 Å². The number of rotatable bonds is 7. The zero-order chi connectivity index (χ0) is 22.8. The molecule has 166 valence electrons. The van der Waals surface area contributed by atoms with E-state index in [2.05, 4.69) is 128 Å². The van der Waals surface area contributed by atoms with Gasteiger partial charge >= 0.3 is 0 Å². The van der Waals surface area contributed by atoms with Gasteiger partial charge in [-0.2, -0.15) is 0 Å². The molecule has 0 radical (unpaired) electrons. The summed E-state index contributed by atoms with van der Waals surface area (Å²) in [6.07, 6.45) is 2.78. The van der Waals surface area contributed by atoms with Gasteiger partial charge < -0.3 is 0 Å². The Morgan fingerprint density at radius 2 is 0.800 bits per heavy atom. The van der Waals surface area contributed by atoms with E-state index in [0.717, 1.165) is 0 Å². The molecule has 0 aliphatic rings. The monoisotopic (exact) mass is 474 g/mol. The van der Waals surface area contributed by atoms with Crippen molar-refractivity contribution in [3.63, 3.8) is 0 Å². The molecule has 0 saturated heterocycles. The van der Waals surface area contributed by atoms with Crippen molar-refractivity contribution in [1.82, 2.24) is 0 Å². The molecule has 0 fully saturated rings. The molecule has 0 aliphatic heterocycles. The van der Waals surface area contributed by atoms with Gasteiger partial charge in [0.25, 0.3) is 0 Å². The highest BCUT2D eigenvalue weighted by atomic mass is 31.4. The Balaban J connectivity index is 2.45. The molecule has 0 heterocycles. The number of benzene rings is 2. The Bertz CT molecular complexity index is 718. The maximum atomic E-state index is 2.66. The first kappa shape index (κ1) is 26.0. The summed E-state index contributed by atoms with van der Waals surface area (Å²) < 4.78 is 0. The second-order valence-electron chi connectivity index (χ2n) is 11.6. The molecular weight excluding hydrogens is 430 g/mol. The van der Waals surface area contributed by atoms with Gasteiger partial charge in [0.1, 0.15) is 0 Å². The summed E-state index contributed by atoms with van der Waals surface area (Å²) in [5.41, 5.74) is 0. The predicted molar refractivity (Wildman–Crippen MR) is 150 cm³/mol. The zero-order valence-corrected chi connectivity index (χ0v) is 24.9. The quantitative estimate of drug-likeness (QED) is 0.278. The molecule has 2 aromatic carbocycles. The van der Waals surface area contributed by atoms with Crippen LogP contribution in [0, 0.1) is 0 Å². The lowest BCUT2D eigenvalue weighted by molar-refractivity contribution is 0.735. The molecule has 0 aliphatic carbocycles. The highest BCUT2D eigenvalue weighted by Gasteiger charge is 2.45. The molecule has 0 N–H and O–H groups in total. The van der Waals surface area contributed by atoms with Crippen LogP contribution in [0.1, 0.15) is 41.5 Å². The molecular formula is C26H44P2Si2. The van der Waals surface area contributed by atoms with Crippen LogP contribution < -0.4 is 10.6 Å². The first-order valence-electron chi connectivity index (χ1n) is 11.3. The first-order valence-corrected chi connectivity index (χ1v) is 22.1. The molecule has 2 aromatic rings.